The maximum absolute atomic E-state index is 4.93. The van der Waals surface area contributed by atoms with Crippen molar-refractivity contribution in [2.45, 2.75) is 25.8 Å². The number of rotatable bonds is 8. The summed E-state index contributed by atoms with van der Waals surface area (Å²) in [6.07, 6.45) is 2.15. The van der Waals surface area contributed by atoms with Crippen LogP contribution in [0, 0.1) is 13.8 Å². The Hall–Kier alpha value is -2.16. The highest BCUT2D eigenvalue weighted by Crippen LogP contribution is 2.25. The Morgan fingerprint density at radius 2 is 2.00 bits per heavy atom. The Balaban J connectivity index is 1.48. The van der Waals surface area contributed by atoms with E-state index in [2.05, 4.69) is 90.3 Å². The topological polar surface area (TPSA) is 65.9 Å². The summed E-state index contributed by atoms with van der Waals surface area (Å²) in [5.74, 6) is 1.05. The minimum Gasteiger partial charge on any atom is -0.312 e. The number of aryl methyl sites for hydroxylation is 2. The number of hydrogen-bond donors (Lipinski definition) is 4. The number of hydrazine groups is 2. The Labute approximate surface area is 176 Å². The Morgan fingerprint density at radius 1 is 1.14 bits per heavy atom. The number of thioether (sulfide) groups is 1. The van der Waals surface area contributed by atoms with E-state index in [0.717, 1.165) is 42.3 Å². The van der Waals surface area contributed by atoms with E-state index in [1.54, 1.807) is 0 Å². The maximum atomic E-state index is 4.93. The van der Waals surface area contributed by atoms with E-state index < -0.39 is 0 Å². The normalized spacial score (nSPS) is 16.4. The molecule has 0 radical (unpaired) electrons. The third-order valence-corrected chi connectivity index (χ3v) is 6.03. The Kier molecular flexibility index (Phi) is 6.63. The lowest BCUT2D eigenvalue weighted by Gasteiger charge is -2.09. The van der Waals surface area contributed by atoms with E-state index in [0.29, 0.717) is 5.37 Å². The standard InChI is InChI=1S/C22H28N6S/c1-16-6-8-20(9-7-16)28-15-19(13-23-10-11-29-21-14-24-27-25-21)22(26-28)18-5-3-4-17(2)12-18/h3-9,12,15,21,23-25,27H,10-11,13-14H2,1-2H3. The van der Waals surface area contributed by atoms with Gasteiger partial charge in [-0.2, -0.15) is 10.6 Å². The number of hydrogen-bond acceptors (Lipinski definition) is 6. The number of benzene rings is 2. The minimum absolute atomic E-state index is 0.420. The zero-order chi connectivity index (χ0) is 20.1. The zero-order valence-corrected chi connectivity index (χ0v) is 17.7. The molecule has 3 aromatic rings. The second-order valence-electron chi connectivity index (χ2n) is 7.34. The van der Waals surface area contributed by atoms with Crippen LogP contribution in [0.4, 0.5) is 0 Å². The highest BCUT2D eigenvalue weighted by atomic mass is 32.2. The Bertz CT molecular complexity index is 931. The third-order valence-electron chi connectivity index (χ3n) is 4.90. The molecule has 152 valence electrons. The van der Waals surface area contributed by atoms with Crippen molar-refractivity contribution < 1.29 is 0 Å². The van der Waals surface area contributed by atoms with Crippen molar-refractivity contribution in [1.82, 2.24) is 31.5 Å². The number of aromatic nitrogens is 2. The lowest BCUT2D eigenvalue weighted by molar-refractivity contribution is 0.586. The van der Waals surface area contributed by atoms with Gasteiger partial charge in [-0.1, -0.05) is 41.5 Å². The zero-order valence-electron chi connectivity index (χ0n) is 16.9. The fourth-order valence-electron chi connectivity index (χ4n) is 3.33. The molecule has 0 spiro atoms. The number of nitrogens with one attached hydrogen (secondary N) is 4. The van der Waals surface area contributed by atoms with E-state index in [-0.39, 0.29) is 0 Å². The first-order valence-corrected chi connectivity index (χ1v) is 11.0. The van der Waals surface area contributed by atoms with Gasteiger partial charge < -0.3 is 5.32 Å². The van der Waals surface area contributed by atoms with Gasteiger partial charge in [0, 0.05) is 42.7 Å². The monoisotopic (exact) mass is 408 g/mol. The van der Waals surface area contributed by atoms with Gasteiger partial charge in [-0.15, -0.1) is 11.8 Å². The summed E-state index contributed by atoms with van der Waals surface area (Å²) in [5, 5.41) is 8.93. The molecule has 1 aliphatic heterocycles. The second kappa shape index (κ2) is 9.56. The van der Waals surface area contributed by atoms with E-state index in [4.69, 9.17) is 5.10 Å². The average molecular weight is 409 g/mol. The first-order valence-electron chi connectivity index (χ1n) is 9.97. The molecule has 1 aliphatic rings. The fraction of sp³-hybridized carbons (Fsp3) is 0.318. The van der Waals surface area contributed by atoms with Crippen LogP contribution >= 0.6 is 11.8 Å². The smallest absolute Gasteiger partial charge is 0.0972 e. The first kappa shape index (κ1) is 20.1. The first-order chi connectivity index (χ1) is 14.2. The van der Waals surface area contributed by atoms with Gasteiger partial charge in [-0.3, -0.25) is 0 Å². The van der Waals surface area contributed by atoms with Gasteiger partial charge in [0.05, 0.1) is 16.8 Å². The van der Waals surface area contributed by atoms with E-state index in [1.165, 1.54) is 16.7 Å². The van der Waals surface area contributed by atoms with Gasteiger partial charge in [0.1, 0.15) is 0 Å². The quantitative estimate of drug-likeness (QED) is 0.430. The predicted molar refractivity (Wildman–Crippen MR) is 121 cm³/mol. The molecule has 1 atom stereocenters. The van der Waals surface area contributed by atoms with Crippen LogP contribution in [0.25, 0.3) is 16.9 Å². The molecule has 7 heteroatoms. The average Bonchev–Trinajstić information content (AvgIpc) is 3.38. The molecule has 0 bridgehead atoms. The molecule has 2 aromatic carbocycles. The molecule has 4 rings (SSSR count). The van der Waals surface area contributed by atoms with Gasteiger partial charge in [0.25, 0.3) is 0 Å². The Morgan fingerprint density at radius 3 is 2.76 bits per heavy atom. The minimum atomic E-state index is 0.420. The molecule has 4 N–H and O–H groups in total. The highest BCUT2D eigenvalue weighted by molar-refractivity contribution is 7.99. The van der Waals surface area contributed by atoms with Crippen LogP contribution < -0.4 is 21.7 Å². The van der Waals surface area contributed by atoms with Crippen molar-refractivity contribution in [2.75, 3.05) is 18.8 Å². The largest absolute Gasteiger partial charge is 0.312 e. The highest BCUT2D eigenvalue weighted by Gasteiger charge is 2.14. The maximum Gasteiger partial charge on any atom is 0.0972 e. The molecule has 0 amide bonds. The predicted octanol–water partition coefficient (Wildman–Crippen LogP) is 2.92. The van der Waals surface area contributed by atoms with E-state index in [9.17, 15) is 0 Å². The SMILES string of the molecule is Cc1ccc(-n2cc(CNCCSC3CNNN3)c(-c3cccc(C)c3)n2)cc1. The molecular formula is C22H28N6S. The summed E-state index contributed by atoms with van der Waals surface area (Å²) < 4.78 is 1.99. The third kappa shape index (κ3) is 5.26. The van der Waals surface area contributed by atoms with Crippen molar-refractivity contribution in [2.24, 2.45) is 0 Å². The van der Waals surface area contributed by atoms with Gasteiger partial charge in [-0.05, 0) is 32.0 Å². The molecule has 29 heavy (non-hydrogen) atoms. The van der Waals surface area contributed by atoms with Crippen LogP contribution in [0.15, 0.2) is 54.7 Å². The van der Waals surface area contributed by atoms with E-state index >= 15 is 0 Å². The van der Waals surface area contributed by atoms with Crippen molar-refractivity contribution in [3.63, 3.8) is 0 Å². The molecule has 1 saturated heterocycles. The molecule has 1 unspecified atom stereocenters. The summed E-state index contributed by atoms with van der Waals surface area (Å²) in [6.45, 7) is 6.91. The van der Waals surface area contributed by atoms with Crippen molar-refractivity contribution in [3.8, 4) is 16.9 Å². The van der Waals surface area contributed by atoms with Gasteiger partial charge in [-0.25, -0.2) is 15.5 Å². The van der Waals surface area contributed by atoms with Crippen LogP contribution in [-0.2, 0) is 6.54 Å². The summed E-state index contributed by atoms with van der Waals surface area (Å²) >= 11 is 1.91. The summed E-state index contributed by atoms with van der Waals surface area (Å²) in [6, 6.07) is 17.0. The molecule has 1 aromatic heterocycles. The summed E-state index contributed by atoms with van der Waals surface area (Å²) in [5.41, 5.74) is 16.2. The summed E-state index contributed by atoms with van der Waals surface area (Å²) in [7, 11) is 0. The van der Waals surface area contributed by atoms with Crippen LogP contribution in [-0.4, -0.2) is 34.0 Å². The summed E-state index contributed by atoms with van der Waals surface area (Å²) in [4.78, 5) is 0. The lowest BCUT2D eigenvalue weighted by Crippen LogP contribution is -2.32. The molecule has 0 saturated carbocycles. The lowest BCUT2D eigenvalue weighted by atomic mass is 10.1. The van der Waals surface area contributed by atoms with Gasteiger partial charge in [0.15, 0.2) is 0 Å². The number of nitrogens with zero attached hydrogens (tertiary/aromatic N) is 2. The molecule has 6 nitrogen and oxygen atoms in total. The van der Waals surface area contributed by atoms with Crippen LogP contribution in [0.3, 0.4) is 0 Å². The van der Waals surface area contributed by atoms with Crippen LogP contribution in [0.1, 0.15) is 16.7 Å². The van der Waals surface area contributed by atoms with E-state index in [1.807, 2.05) is 16.4 Å². The molecular weight excluding hydrogens is 380 g/mol. The molecule has 1 fully saturated rings. The second-order valence-corrected chi connectivity index (χ2v) is 8.65. The van der Waals surface area contributed by atoms with Crippen molar-refractivity contribution in [3.05, 3.63) is 71.4 Å². The van der Waals surface area contributed by atoms with Crippen LogP contribution in [0.5, 0.6) is 0 Å². The van der Waals surface area contributed by atoms with Crippen molar-refractivity contribution in [1.29, 1.82) is 0 Å². The van der Waals surface area contributed by atoms with Gasteiger partial charge >= 0.3 is 0 Å². The fourth-order valence-corrected chi connectivity index (χ4v) is 4.22. The molecule has 2 heterocycles. The molecule has 0 aliphatic carbocycles. The van der Waals surface area contributed by atoms with Crippen LogP contribution in [0.2, 0.25) is 0 Å². The van der Waals surface area contributed by atoms with Gasteiger partial charge in [0.2, 0.25) is 0 Å². The van der Waals surface area contributed by atoms with Crippen molar-refractivity contribution >= 4 is 11.8 Å².